The van der Waals surface area contributed by atoms with Gasteiger partial charge in [-0.05, 0) is 74.3 Å². The number of piperidine rings is 1. The third-order valence-electron chi connectivity index (χ3n) is 4.99. The molecule has 2 aromatic rings. The summed E-state index contributed by atoms with van der Waals surface area (Å²) in [5.41, 5.74) is 1.59. The summed E-state index contributed by atoms with van der Waals surface area (Å²) in [6, 6.07) is 11.8. The minimum Gasteiger partial charge on any atom is -0.372 e. The monoisotopic (exact) mass is 441 g/mol. The molecule has 0 spiro atoms. The highest BCUT2D eigenvalue weighted by Gasteiger charge is 2.33. The van der Waals surface area contributed by atoms with Gasteiger partial charge in [-0.25, -0.2) is 0 Å². The molecule has 2 aromatic carbocycles. The van der Waals surface area contributed by atoms with Gasteiger partial charge in [-0.3, -0.25) is 0 Å². The van der Waals surface area contributed by atoms with Crippen molar-refractivity contribution in [3.63, 3.8) is 0 Å². The minimum atomic E-state index is -4.52. The fourth-order valence-corrected chi connectivity index (χ4v) is 3.91. The smallest absolute Gasteiger partial charge is 0.372 e. The van der Waals surface area contributed by atoms with Gasteiger partial charge in [0.2, 0.25) is 0 Å². The number of hydrogen-bond acceptors (Lipinski definition) is 2. The standard InChI is InChI=1S/C21H23ClF3N3S/c1-14(15-5-8-17(9-6-15)28-11-3-2-4-12-28)26-20(29)27-16-7-10-19(22)18(13-16)21(23,24)25/h5-10,13-14H,2-4,11-12H2,1H3,(H2,26,27,29). The average Bonchev–Trinajstić information content (AvgIpc) is 2.69. The lowest BCUT2D eigenvalue weighted by Gasteiger charge is -2.29. The zero-order chi connectivity index (χ0) is 21.0. The number of hydrogen-bond donors (Lipinski definition) is 2. The van der Waals surface area contributed by atoms with Gasteiger partial charge in [0, 0.05) is 24.5 Å². The van der Waals surface area contributed by atoms with Crippen LogP contribution in [-0.2, 0) is 6.18 Å². The molecule has 1 heterocycles. The zero-order valence-electron chi connectivity index (χ0n) is 16.0. The minimum absolute atomic E-state index is 0.0974. The Bertz CT molecular complexity index is 849. The predicted molar refractivity (Wildman–Crippen MR) is 117 cm³/mol. The summed E-state index contributed by atoms with van der Waals surface area (Å²) in [5.74, 6) is 0. The maximum Gasteiger partial charge on any atom is 0.417 e. The van der Waals surface area contributed by atoms with E-state index in [1.165, 1.54) is 37.1 Å². The molecular weight excluding hydrogens is 419 g/mol. The molecule has 1 unspecified atom stereocenters. The number of halogens is 4. The van der Waals surface area contributed by atoms with Gasteiger partial charge >= 0.3 is 6.18 Å². The number of thiocarbonyl (C=S) groups is 1. The Labute approximate surface area is 179 Å². The van der Waals surface area contributed by atoms with Crippen molar-refractivity contribution >= 4 is 40.3 Å². The Morgan fingerprint density at radius 3 is 2.34 bits per heavy atom. The Morgan fingerprint density at radius 1 is 1.07 bits per heavy atom. The number of nitrogens with zero attached hydrogens (tertiary/aromatic N) is 1. The lowest BCUT2D eigenvalue weighted by molar-refractivity contribution is -0.137. The highest BCUT2D eigenvalue weighted by molar-refractivity contribution is 7.80. The van der Waals surface area contributed by atoms with Gasteiger partial charge in [-0.1, -0.05) is 23.7 Å². The van der Waals surface area contributed by atoms with Crippen molar-refractivity contribution in [2.24, 2.45) is 0 Å². The molecule has 29 heavy (non-hydrogen) atoms. The summed E-state index contributed by atoms with van der Waals surface area (Å²) in [6.45, 7) is 4.12. The summed E-state index contributed by atoms with van der Waals surface area (Å²) < 4.78 is 39.0. The molecule has 2 N–H and O–H groups in total. The Morgan fingerprint density at radius 2 is 1.72 bits per heavy atom. The third-order valence-corrected chi connectivity index (χ3v) is 5.54. The molecule has 0 aliphatic carbocycles. The van der Waals surface area contributed by atoms with Crippen molar-refractivity contribution < 1.29 is 13.2 Å². The molecular formula is C21H23ClF3N3S. The molecule has 0 radical (unpaired) electrons. The van der Waals surface area contributed by atoms with Crippen LogP contribution in [0.3, 0.4) is 0 Å². The molecule has 1 atom stereocenters. The first kappa shape index (κ1) is 21.7. The topological polar surface area (TPSA) is 27.3 Å². The second-order valence-electron chi connectivity index (χ2n) is 7.15. The van der Waals surface area contributed by atoms with Gasteiger partial charge in [0.25, 0.3) is 0 Å². The van der Waals surface area contributed by atoms with E-state index in [0.29, 0.717) is 0 Å². The van der Waals surface area contributed by atoms with Crippen LogP contribution in [-0.4, -0.2) is 18.2 Å². The lowest BCUT2D eigenvalue weighted by atomic mass is 10.1. The number of benzene rings is 2. The van der Waals surface area contributed by atoms with Crippen molar-refractivity contribution in [2.75, 3.05) is 23.3 Å². The average molecular weight is 442 g/mol. The van der Waals surface area contributed by atoms with Crippen molar-refractivity contribution in [2.45, 2.75) is 38.4 Å². The van der Waals surface area contributed by atoms with E-state index < -0.39 is 11.7 Å². The first-order chi connectivity index (χ1) is 13.7. The predicted octanol–water partition coefficient (Wildman–Crippen LogP) is 6.40. The van der Waals surface area contributed by atoms with Crippen molar-refractivity contribution in [3.05, 3.63) is 58.6 Å². The zero-order valence-corrected chi connectivity index (χ0v) is 17.6. The first-order valence-corrected chi connectivity index (χ1v) is 10.3. The van der Waals surface area contributed by atoms with E-state index in [9.17, 15) is 13.2 Å². The fourth-order valence-electron chi connectivity index (χ4n) is 3.39. The molecule has 0 bridgehead atoms. The molecule has 0 aromatic heterocycles. The van der Waals surface area contributed by atoms with E-state index in [2.05, 4.69) is 27.7 Å². The van der Waals surface area contributed by atoms with Gasteiger partial charge < -0.3 is 15.5 Å². The van der Waals surface area contributed by atoms with E-state index in [-0.39, 0.29) is 21.9 Å². The largest absolute Gasteiger partial charge is 0.417 e. The Kier molecular flexibility index (Phi) is 6.90. The van der Waals surface area contributed by atoms with E-state index in [1.54, 1.807) is 0 Å². The van der Waals surface area contributed by atoms with Crippen LogP contribution in [0.15, 0.2) is 42.5 Å². The molecule has 8 heteroatoms. The van der Waals surface area contributed by atoms with Gasteiger partial charge in [-0.15, -0.1) is 0 Å². The fraction of sp³-hybridized carbons (Fsp3) is 0.381. The highest BCUT2D eigenvalue weighted by Crippen LogP contribution is 2.36. The van der Waals surface area contributed by atoms with Crippen molar-refractivity contribution in [1.82, 2.24) is 5.32 Å². The molecule has 1 aliphatic heterocycles. The second kappa shape index (κ2) is 9.22. The molecule has 3 nitrogen and oxygen atoms in total. The molecule has 3 rings (SSSR count). The van der Waals surface area contributed by atoms with E-state index >= 15 is 0 Å². The van der Waals surface area contributed by atoms with Crippen molar-refractivity contribution in [1.29, 1.82) is 0 Å². The normalized spacial score (nSPS) is 15.7. The second-order valence-corrected chi connectivity index (χ2v) is 7.97. The van der Waals surface area contributed by atoms with Crippen LogP contribution < -0.4 is 15.5 Å². The number of alkyl halides is 3. The summed E-state index contributed by atoms with van der Waals surface area (Å²) in [6.07, 6.45) is -0.786. The summed E-state index contributed by atoms with van der Waals surface area (Å²) in [7, 11) is 0. The number of rotatable bonds is 4. The van der Waals surface area contributed by atoms with Crippen LogP contribution in [0, 0.1) is 0 Å². The van der Waals surface area contributed by atoms with Crippen LogP contribution in [0.1, 0.15) is 43.4 Å². The maximum atomic E-state index is 13.0. The van der Waals surface area contributed by atoms with Crippen molar-refractivity contribution in [3.8, 4) is 0 Å². The molecule has 1 fully saturated rings. The van der Waals surface area contributed by atoms with Crippen LogP contribution in [0.25, 0.3) is 0 Å². The molecule has 0 saturated carbocycles. The third kappa shape index (κ3) is 5.76. The Balaban J connectivity index is 1.60. The van der Waals surface area contributed by atoms with Crippen LogP contribution in [0.2, 0.25) is 5.02 Å². The molecule has 0 amide bonds. The molecule has 156 valence electrons. The Hall–Kier alpha value is -1.99. The first-order valence-electron chi connectivity index (χ1n) is 9.53. The quantitative estimate of drug-likeness (QED) is 0.537. The summed E-state index contributed by atoms with van der Waals surface area (Å²) >= 11 is 10.9. The van der Waals surface area contributed by atoms with E-state index in [4.69, 9.17) is 23.8 Å². The van der Waals surface area contributed by atoms with Crippen LogP contribution >= 0.6 is 23.8 Å². The van der Waals surface area contributed by atoms with Gasteiger partial charge in [0.05, 0.1) is 16.6 Å². The van der Waals surface area contributed by atoms with Gasteiger partial charge in [0.1, 0.15) is 0 Å². The summed E-state index contributed by atoms with van der Waals surface area (Å²) in [5, 5.41) is 5.81. The number of anilines is 2. The molecule has 1 aliphatic rings. The molecule has 1 saturated heterocycles. The maximum absolute atomic E-state index is 13.0. The highest BCUT2D eigenvalue weighted by atomic mass is 35.5. The van der Waals surface area contributed by atoms with E-state index in [1.807, 2.05) is 19.1 Å². The van der Waals surface area contributed by atoms with Gasteiger partial charge in [0.15, 0.2) is 5.11 Å². The van der Waals surface area contributed by atoms with Crippen LogP contribution in [0.4, 0.5) is 24.5 Å². The lowest BCUT2D eigenvalue weighted by Crippen LogP contribution is -2.31. The number of nitrogens with one attached hydrogen (secondary N) is 2. The SMILES string of the molecule is CC(NC(=S)Nc1ccc(Cl)c(C(F)(F)F)c1)c1ccc(N2CCCCC2)cc1. The van der Waals surface area contributed by atoms with Crippen LogP contribution in [0.5, 0.6) is 0 Å². The van der Waals surface area contributed by atoms with E-state index in [0.717, 1.165) is 24.7 Å². The van der Waals surface area contributed by atoms with Gasteiger partial charge in [-0.2, -0.15) is 13.2 Å². The summed E-state index contributed by atoms with van der Waals surface area (Å²) in [4.78, 5) is 2.39.